The number of furan rings is 1. The minimum atomic E-state index is -0.121. The van der Waals surface area contributed by atoms with Crippen LogP contribution < -0.4 is 4.90 Å². The molecule has 0 unspecified atom stereocenters. The fourth-order valence-electron chi connectivity index (χ4n) is 9.40. The third-order valence-electron chi connectivity index (χ3n) is 12.3. The zero-order valence-electron chi connectivity index (χ0n) is 33.1. The number of para-hydroxylation sites is 3. The molecule has 11 rings (SSSR count). The predicted molar refractivity (Wildman–Crippen MR) is 248 cm³/mol. The van der Waals surface area contributed by atoms with E-state index < -0.39 is 0 Å². The van der Waals surface area contributed by atoms with Gasteiger partial charge in [0.1, 0.15) is 11.2 Å². The van der Waals surface area contributed by atoms with E-state index in [2.05, 4.69) is 231 Å². The number of anilines is 3. The molecule has 9 aromatic carbocycles. The zero-order chi connectivity index (χ0) is 39.5. The van der Waals surface area contributed by atoms with Crippen LogP contribution in [-0.2, 0) is 5.41 Å². The summed E-state index contributed by atoms with van der Waals surface area (Å²) in [5.41, 5.74) is 19.4. The quantitative estimate of drug-likeness (QED) is 0.161. The summed E-state index contributed by atoms with van der Waals surface area (Å²) >= 11 is 0. The number of hydrogen-bond donors (Lipinski definition) is 0. The van der Waals surface area contributed by atoms with Crippen molar-refractivity contribution in [3.63, 3.8) is 0 Å². The highest BCUT2D eigenvalue weighted by molar-refractivity contribution is 6.18. The van der Waals surface area contributed by atoms with Crippen LogP contribution in [0.4, 0.5) is 17.1 Å². The average molecular weight is 756 g/mol. The van der Waals surface area contributed by atoms with Gasteiger partial charge in [0.25, 0.3) is 0 Å². The molecule has 0 saturated carbocycles. The Morgan fingerprint density at radius 3 is 1.58 bits per heavy atom. The van der Waals surface area contributed by atoms with E-state index in [1.165, 1.54) is 38.9 Å². The van der Waals surface area contributed by atoms with E-state index in [1.54, 1.807) is 0 Å². The first-order chi connectivity index (χ1) is 29.0. The third-order valence-corrected chi connectivity index (χ3v) is 12.3. The maximum absolute atomic E-state index is 6.86. The summed E-state index contributed by atoms with van der Waals surface area (Å²) < 4.78 is 6.86. The summed E-state index contributed by atoms with van der Waals surface area (Å²) in [4.78, 5) is 2.47. The normalized spacial score (nSPS) is 12.7. The van der Waals surface area contributed by atoms with E-state index in [1.807, 2.05) is 0 Å². The van der Waals surface area contributed by atoms with Gasteiger partial charge >= 0.3 is 0 Å². The zero-order valence-corrected chi connectivity index (χ0v) is 33.1. The Kier molecular flexibility index (Phi) is 8.20. The van der Waals surface area contributed by atoms with Crippen LogP contribution in [-0.4, -0.2) is 0 Å². The monoisotopic (exact) mass is 755 g/mol. The lowest BCUT2D eigenvalue weighted by molar-refractivity contribution is 0.660. The fourth-order valence-corrected chi connectivity index (χ4v) is 9.40. The van der Waals surface area contributed by atoms with Gasteiger partial charge in [0.05, 0.1) is 22.4 Å². The van der Waals surface area contributed by atoms with E-state index in [0.29, 0.717) is 0 Å². The van der Waals surface area contributed by atoms with Gasteiger partial charge in [0, 0.05) is 27.5 Å². The van der Waals surface area contributed by atoms with E-state index in [4.69, 9.17) is 4.42 Å². The number of rotatable bonds is 7. The SMILES string of the molecule is CC1(C)c2ccccc2-c2ccc(-c3ccccc3N(c3ccccc3-c3ccc(-c4ccccc4)cc3)c3ccc(-c4ccccc4)c4oc5ccccc5c34)cc21. The van der Waals surface area contributed by atoms with Crippen LogP contribution in [0.2, 0.25) is 0 Å². The lowest BCUT2D eigenvalue weighted by Gasteiger charge is -2.31. The van der Waals surface area contributed by atoms with Crippen molar-refractivity contribution in [2.75, 3.05) is 4.90 Å². The van der Waals surface area contributed by atoms with Gasteiger partial charge in [-0.15, -0.1) is 0 Å². The predicted octanol–water partition coefficient (Wildman–Crippen LogP) is 16.0. The molecule has 0 bridgehead atoms. The molecule has 0 saturated heterocycles. The number of hydrogen-bond acceptors (Lipinski definition) is 2. The standard InChI is InChI=1S/C57H41NO/c1-57(2)49-25-13-9-23-46(49)47-34-33-42(37-50(47)57)44-22-11-15-27-52(44)58(51-26-14-10-21-43(51)41-31-29-39(30-32-41)38-17-5-3-6-18-38)53-36-35-45(40-19-7-4-8-20-40)56-55(53)48-24-12-16-28-54(48)59-56/h3-37H,1-2H3. The topological polar surface area (TPSA) is 16.4 Å². The highest BCUT2D eigenvalue weighted by atomic mass is 16.3. The Morgan fingerprint density at radius 1 is 0.356 bits per heavy atom. The summed E-state index contributed by atoms with van der Waals surface area (Å²) in [5, 5.41) is 2.16. The van der Waals surface area contributed by atoms with Crippen LogP contribution in [0.15, 0.2) is 217 Å². The summed E-state index contributed by atoms with van der Waals surface area (Å²) in [5.74, 6) is 0. The number of nitrogens with zero attached hydrogens (tertiary/aromatic N) is 1. The minimum Gasteiger partial charge on any atom is -0.455 e. The molecule has 59 heavy (non-hydrogen) atoms. The third kappa shape index (κ3) is 5.71. The second kappa shape index (κ2) is 13.9. The molecule has 1 aliphatic rings. The van der Waals surface area contributed by atoms with Crippen molar-refractivity contribution >= 4 is 39.0 Å². The highest BCUT2D eigenvalue weighted by Crippen LogP contribution is 2.53. The lowest BCUT2D eigenvalue weighted by Crippen LogP contribution is -2.15. The van der Waals surface area contributed by atoms with E-state index in [9.17, 15) is 0 Å². The van der Waals surface area contributed by atoms with Crippen LogP contribution in [0, 0.1) is 0 Å². The summed E-state index contributed by atoms with van der Waals surface area (Å²) in [6.45, 7) is 4.71. The van der Waals surface area contributed by atoms with Gasteiger partial charge in [0.2, 0.25) is 0 Å². The molecule has 280 valence electrons. The molecule has 1 aliphatic carbocycles. The fraction of sp³-hybridized carbons (Fsp3) is 0.0526. The Hall–Kier alpha value is -7.42. The van der Waals surface area contributed by atoms with Crippen LogP contribution in [0.5, 0.6) is 0 Å². The smallest absolute Gasteiger partial charge is 0.145 e. The van der Waals surface area contributed by atoms with Gasteiger partial charge in [-0.2, -0.15) is 0 Å². The van der Waals surface area contributed by atoms with Crippen molar-refractivity contribution in [3.05, 3.63) is 223 Å². The Labute approximate surface area is 345 Å². The summed E-state index contributed by atoms with van der Waals surface area (Å²) in [6.07, 6.45) is 0. The minimum absolute atomic E-state index is 0.121. The first-order valence-corrected chi connectivity index (χ1v) is 20.4. The van der Waals surface area contributed by atoms with E-state index in [0.717, 1.165) is 66.8 Å². The molecule has 2 heteroatoms. The number of benzene rings is 9. The average Bonchev–Trinajstić information content (AvgIpc) is 3.80. The van der Waals surface area contributed by atoms with Gasteiger partial charge in [-0.25, -0.2) is 0 Å². The second-order valence-corrected chi connectivity index (χ2v) is 16.0. The number of fused-ring (bicyclic) bond motifs is 6. The Morgan fingerprint density at radius 2 is 0.847 bits per heavy atom. The summed E-state index contributed by atoms with van der Waals surface area (Å²) in [6, 6.07) is 76.8. The molecule has 1 heterocycles. The first-order valence-electron chi connectivity index (χ1n) is 20.4. The van der Waals surface area contributed by atoms with Gasteiger partial charge in [0.15, 0.2) is 0 Å². The first kappa shape index (κ1) is 34.8. The van der Waals surface area contributed by atoms with Crippen LogP contribution in [0.3, 0.4) is 0 Å². The van der Waals surface area contributed by atoms with Crippen molar-refractivity contribution in [1.82, 2.24) is 0 Å². The maximum atomic E-state index is 6.86. The van der Waals surface area contributed by atoms with Crippen LogP contribution in [0.25, 0.3) is 77.6 Å². The van der Waals surface area contributed by atoms with Crippen LogP contribution >= 0.6 is 0 Å². The molecule has 0 amide bonds. The van der Waals surface area contributed by atoms with Gasteiger partial charge in [-0.1, -0.05) is 190 Å². The molecule has 2 nitrogen and oxygen atoms in total. The molecule has 0 spiro atoms. The van der Waals surface area contributed by atoms with Crippen molar-refractivity contribution in [1.29, 1.82) is 0 Å². The van der Waals surface area contributed by atoms with Crippen molar-refractivity contribution in [3.8, 4) is 55.6 Å². The Balaban J connectivity index is 1.17. The van der Waals surface area contributed by atoms with Crippen LogP contribution in [0.1, 0.15) is 25.0 Å². The molecule has 1 aromatic heterocycles. The molecule has 10 aromatic rings. The maximum Gasteiger partial charge on any atom is 0.145 e. The summed E-state index contributed by atoms with van der Waals surface area (Å²) in [7, 11) is 0. The van der Waals surface area contributed by atoms with E-state index >= 15 is 0 Å². The molecule has 0 N–H and O–H groups in total. The molecule has 0 radical (unpaired) electrons. The van der Waals surface area contributed by atoms with Crippen molar-refractivity contribution < 1.29 is 4.42 Å². The molecule has 0 atom stereocenters. The largest absolute Gasteiger partial charge is 0.455 e. The second-order valence-electron chi connectivity index (χ2n) is 16.0. The Bertz CT molecular complexity index is 3170. The van der Waals surface area contributed by atoms with Crippen molar-refractivity contribution in [2.24, 2.45) is 0 Å². The molecule has 0 aliphatic heterocycles. The van der Waals surface area contributed by atoms with E-state index in [-0.39, 0.29) is 5.41 Å². The highest BCUT2D eigenvalue weighted by Gasteiger charge is 2.35. The van der Waals surface area contributed by atoms with Gasteiger partial charge in [-0.05, 0) is 86.5 Å². The molecule has 0 fully saturated rings. The lowest BCUT2D eigenvalue weighted by atomic mass is 9.81. The van der Waals surface area contributed by atoms with Gasteiger partial charge < -0.3 is 9.32 Å². The van der Waals surface area contributed by atoms with Gasteiger partial charge in [-0.3, -0.25) is 0 Å². The molecular weight excluding hydrogens is 715 g/mol. The molecular formula is C57H41NO. The van der Waals surface area contributed by atoms with Crippen molar-refractivity contribution in [2.45, 2.75) is 19.3 Å².